The smallest absolute Gasteiger partial charge is 0.290 e. The molecule has 0 saturated carbocycles. The fourth-order valence-electron chi connectivity index (χ4n) is 4.10. The summed E-state index contributed by atoms with van der Waals surface area (Å²) in [6.07, 6.45) is 1.39. The molecule has 1 aromatic carbocycles. The van der Waals surface area contributed by atoms with Crippen LogP contribution in [0, 0.1) is 24.0 Å². The molecule has 2 aliphatic rings. The highest BCUT2D eigenvalue weighted by molar-refractivity contribution is 7.14. The van der Waals surface area contributed by atoms with Crippen LogP contribution in [0.2, 0.25) is 0 Å². The molecular formula is C21H21N3O6S. The molecule has 10 heteroatoms. The SMILES string of the molecule is Cc1nc(C)c(C(=O)C2=C(O)C(=O)N(CC3CCCO3)C2c2cccc([N+](=O)[O-])c2)s1. The number of Topliss-reactive ketones (excluding diaryl/α,β-unsaturated/α-hetero) is 1. The Morgan fingerprint density at radius 2 is 2.19 bits per heavy atom. The molecule has 2 unspecified atom stereocenters. The third-order valence-corrected chi connectivity index (χ3v) is 6.55. The van der Waals surface area contributed by atoms with Crippen LogP contribution in [0.3, 0.4) is 0 Å². The number of nitro benzene ring substituents is 1. The Morgan fingerprint density at radius 1 is 1.42 bits per heavy atom. The van der Waals surface area contributed by atoms with Crippen molar-refractivity contribution in [2.75, 3.05) is 13.2 Å². The number of non-ortho nitro benzene ring substituents is 1. The molecule has 2 aromatic rings. The van der Waals surface area contributed by atoms with E-state index < -0.39 is 28.4 Å². The first-order valence-electron chi connectivity index (χ1n) is 9.86. The van der Waals surface area contributed by atoms with Gasteiger partial charge in [-0.3, -0.25) is 19.7 Å². The van der Waals surface area contributed by atoms with E-state index in [2.05, 4.69) is 4.98 Å². The summed E-state index contributed by atoms with van der Waals surface area (Å²) in [5.74, 6) is -1.82. The van der Waals surface area contributed by atoms with Crippen molar-refractivity contribution in [1.82, 2.24) is 9.88 Å². The van der Waals surface area contributed by atoms with E-state index in [9.17, 15) is 24.8 Å². The first kappa shape index (κ1) is 21.1. The number of rotatable bonds is 6. The second-order valence-electron chi connectivity index (χ2n) is 7.59. The van der Waals surface area contributed by atoms with Gasteiger partial charge in [-0.15, -0.1) is 11.3 Å². The molecule has 2 aliphatic heterocycles. The predicted molar refractivity (Wildman–Crippen MR) is 112 cm³/mol. The summed E-state index contributed by atoms with van der Waals surface area (Å²) in [4.78, 5) is 43.2. The summed E-state index contributed by atoms with van der Waals surface area (Å²) in [7, 11) is 0. The lowest BCUT2D eigenvalue weighted by Gasteiger charge is -2.28. The number of ketones is 1. The highest BCUT2D eigenvalue weighted by Gasteiger charge is 2.45. The normalized spacial score (nSPS) is 21.2. The summed E-state index contributed by atoms with van der Waals surface area (Å²) in [5.41, 5.74) is 0.641. The zero-order chi connectivity index (χ0) is 22.3. The summed E-state index contributed by atoms with van der Waals surface area (Å²) >= 11 is 1.18. The van der Waals surface area contributed by atoms with Crippen LogP contribution in [0.4, 0.5) is 5.69 Å². The van der Waals surface area contributed by atoms with Crippen molar-refractivity contribution < 1.29 is 24.4 Å². The minimum Gasteiger partial charge on any atom is -0.503 e. The Morgan fingerprint density at radius 3 is 2.81 bits per heavy atom. The number of carbonyl (C=O) groups is 2. The predicted octanol–water partition coefficient (Wildman–Crippen LogP) is 3.43. The van der Waals surface area contributed by atoms with E-state index in [1.54, 1.807) is 19.9 Å². The molecule has 0 aliphatic carbocycles. The molecule has 1 amide bonds. The molecule has 1 N–H and O–H groups in total. The average molecular weight is 443 g/mol. The molecule has 1 aromatic heterocycles. The Kier molecular flexibility index (Phi) is 5.59. The summed E-state index contributed by atoms with van der Waals surface area (Å²) < 4.78 is 5.65. The van der Waals surface area contributed by atoms with Crippen LogP contribution < -0.4 is 0 Å². The van der Waals surface area contributed by atoms with E-state index in [0.717, 1.165) is 12.8 Å². The minimum absolute atomic E-state index is 0.0877. The number of hydrogen-bond donors (Lipinski definition) is 1. The first-order chi connectivity index (χ1) is 14.8. The maximum absolute atomic E-state index is 13.4. The summed E-state index contributed by atoms with van der Waals surface area (Å²) in [6.45, 7) is 4.22. The van der Waals surface area contributed by atoms with E-state index in [0.29, 0.717) is 27.7 Å². The highest BCUT2D eigenvalue weighted by atomic mass is 32.1. The van der Waals surface area contributed by atoms with E-state index in [1.165, 1.54) is 34.4 Å². The fraction of sp³-hybridized carbons (Fsp3) is 0.381. The van der Waals surface area contributed by atoms with Crippen molar-refractivity contribution in [3.8, 4) is 0 Å². The van der Waals surface area contributed by atoms with E-state index in [4.69, 9.17) is 4.74 Å². The number of aliphatic hydroxyl groups excluding tert-OH is 1. The maximum Gasteiger partial charge on any atom is 0.290 e. The van der Waals surface area contributed by atoms with E-state index >= 15 is 0 Å². The molecule has 1 saturated heterocycles. The maximum atomic E-state index is 13.4. The Balaban J connectivity index is 1.81. The van der Waals surface area contributed by atoms with E-state index in [-0.39, 0.29) is 23.9 Å². The van der Waals surface area contributed by atoms with Gasteiger partial charge in [0.15, 0.2) is 5.76 Å². The number of nitrogens with zero attached hydrogens (tertiary/aromatic N) is 3. The highest BCUT2D eigenvalue weighted by Crippen LogP contribution is 2.41. The van der Waals surface area contributed by atoms with Crippen molar-refractivity contribution >= 4 is 28.7 Å². The molecule has 4 rings (SSSR count). The largest absolute Gasteiger partial charge is 0.503 e. The van der Waals surface area contributed by atoms with Gasteiger partial charge in [-0.1, -0.05) is 12.1 Å². The quantitative estimate of drug-likeness (QED) is 0.412. The molecule has 3 heterocycles. The first-order valence-corrected chi connectivity index (χ1v) is 10.7. The summed E-state index contributed by atoms with van der Waals surface area (Å²) in [5, 5.41) is 22.7. The fourth-order valence-corrected chi connectivity index (χ4v) is 4.97. The number of aliphatic hydroxyl groups is 1. The number of nitro groups is 1. The van der Waals surface area contributed by atoms with Gasteiger partial charge in [-0.25, -0.2) is 4.98 Å². The van der Waals surface area contributed by atoms with Gasteiger partial charge in [0, 0.05) is 25.3 Å². The topological polar surface area (TPSA) is 123 Å². The number of aryl methyl sites for hydroxylation is 2. The zero-order valence-electron chi connectivity index (χ0n) is 17.0. The van der Waals surface area contributed by atoms with Crippen LogP contribution in [0.25, 0.3) is 0 Å². The number of ether oxygens (including phenoxy) is 1. The number of carbonyl (C=O) groups excluding carboxylic acids is 2. The van der Waals surface area contributed by atoms with Crippen LogP contribution in [0.1, 0.15) is 44.8 Å². The monoisotopic (exact) mass is 443 g/mol. The van der Waals surface area contributed by atoms with Gasteiger partial charge in [0.05, 0.1) is 38.2 Å². The Hall–Kier alpha value is -3.11. The van der Waals surface area contributed by atoms with Crippen molar-refractivity contribution in [3.05, 3.63) is 66.9 Å². The molecule has 9 nitrogen and oxygen atoms in total. The number of benzene rings is 1. The third kappa shape index (κ3) is 3.84. The van der Waals surface area contributed by atoms with Crippen LogP contribution in [-0.2, 0) is 9.53 Å². The number of thiazole rings is 1. The van der Waals surface area contributed by atoms with Gasteiger partial charge in [0.2, 0.25) is 5.78 Å². The second-order valence-corrected chi connectivity index (χ2v) is 8.79. The number of aromatic nitrogens is 1. The lowest BCUT2D eigenvalue weighted by Crippen LogP contribution is -2.37. The number of hydrogen-bond acceptors (Lipinski definition) is 8. The minimum atomic E-state index is -0.953. The van der Waals surface area contributed by atoms with Gasteiger partial charge in [-0.2, -0.15) is 0 Å². The van der Waals surface area contributed by atoms with Crippen LogP contribution in [0.15, 0.2) is 35.6 Å². The second kappa shape index (κ2) is 8.20. The van der Waals surface area contributed by atoms with Gasteiger partial charge < -0.3 is 14.7 Å². The van der Waals surface area contributed by atoms with Crippen molar-refractivity contribution in [2.24, 2.45) is 0 Å². The molecule has 31 heavy (non-hydrogen) atoms. The molecule has 0 spiro atoms. The van der Waals surface area contributed by atoms with Gasteiger partial charge in [-0.05, 0) is 32.3 Å². The lowest BCUT2D eigenvalue weighted by molar-refractivity contribution is -0.384. The third-order valence-electron chi connectivity index (χ3n) is 5.48. The van der Waals surface area contributed by atoms with Gasteiger partial charge >= 0.3 is 0 Å². The molecule has 162 valence electrons. The molecule has 0 bridgehead atoms. The van der Waals surface area contributed by atoms with Gasteiger partial charge in [0.1, 0.15) is 0 Å². The average Bonchev–Trinajstić information content (AvgIpc) is 3.43. The summed E-state index contributed by atoms with van der Waals surface area (Å²) in [6, 6.07) is 4.83. The van der Waals surface area contributed by atoms with Crippen molar-refractivity contribution in [1.29, 1.82) is 0 Å². The van der Waals surface area contributed by atoms with Gasteiger partial charge in [0.25, 0.3) is 11.6 Å². The zero-order valence-corrected chi connectivity index (χ0v) is 17.8. The van der Waals surface area contributed by atoms with E-state index in [1.807, 2.05) is 0 Å². The van der Waals surface area contributed by atoms with Crippen LogP contribution in [-0.4, -0.2) is 50.9 Å². The van der Waals surface area contributed by atoms with Crippen molar-refractivity contribution in [3.63, 3.8) is 0 Å². The molecule has 1 fully saturated rings. The van der Waals surface area contributed by atoms with Crippen molar-refractivity contribution in [2.45, 2.75) is 38.8 Å². The standard InChI is InChI=1S/C21H21N3O6S/c1-11-20(31-12(2)22-11)18(25)16-17(13-5-3-6-14(9-13)24(28)29)23(21(27)19(16)26)10-15-7-4-8-30-15/h3,5-6,9,15,17,26H,4,7-8,10H2,1-2H3. The Labute approximate surface area is 182 Å². The molecular weight excluding hydrogens is 422 g/mol. The molecule has 2 atom stereocenters. The van der Waals surface area contributed by atoms with Crippen LogP contribution in [0.5, 0.6) is 0 Å². The Bertz CT molecular complexity index is 1100. The van der Waals surface area contributed by atoms with Crippen LogP contribution >= 0.6 is 11.3 Å². The number of amides is 1. The lowest BCUT2D eigenvalue weighted by atomic mass is 9.94. The molecule has 0 radical (unpaired) electrons.